The van der Waals surface area contributed by atoms with Crippen LogP contribution in [0.1, 0.15) is 6.42 Å². The van der Waals surface area contributed by atoms with E-state index in [9.17, 15) is 5.11 Å². The van der Waals surface area contributed by atoms with Gasteiger partial charge in [-0.15, -0.1) is 11.6 Å². The van der Waals surface area contributed by atoms with Crippen molar-refractivity contribution in [1.82, 2.24) is 9.97 Å². The van der Waals surface area contributed by atoms with Crippen LogP contribution in [0.3, 0.4) is 0 Å². The van der Waals surface area contributed by atoms with Crippen molar-refractivity contribution >= 4 is 56.6 Å². The van der Waals surface area contributed by atoms with E-state index in [1.54, 1.807) is 37.7 Å². The summed E-state index contributed by atoms with van der Waals surface area (Å²) in [5.41, 5.74) is 1.43. The number of benzene rings is 2. The van der Waals surface area contributed by atoms with Gasteiger partial charge in [0.2, 0.25) is 0 Å². The van der Waals surface area contributed by atoms with Crippen LogP contribution in [-0.4, -0.2) is 41.8 Å². The monoisotopic (exact) mass is 494 g/mol. The van der Waals surface area contributed by atoms with Crippen LogP contribution in [-0.2, 0) is 0 Å². The van der Waals surface area contributed by atoms with Crippen molar-refractivity contribution in [2.45, 2.75) is 6.42 Å². The number of phenolic OH excluding ortho intramolecular Hbond substituents is 1. The van der Waals surface area contributed by atoms with Crippen LogP contribution in [0.25, 0.3) is 21.8 Å². The summed E-state index contributed by atoms with van der Waals surface area (Å²) in [4.78, 5) is 8.34. The van der Waals surface area contributed by atoms with Gasteiger partial charge in [0.25, 0.3) is 0 Å². The summed E-state index contributed by atoms with van der Waals surface area (Å²) in [6.45, 7) is 0.548. The number of phenols is 1. The third-order valence-electron chi connectivity index (χ3n) is 4.50. The van der Waals surface area contributed by atoms with Crippen LogP contribution in [0.15, 0.2) is 48.8 Å². The standard InChI is InChI=1S/C13H13Cl2NO2.C10H8ClNO2/c1-17-12-7-9-10(15)3-5-16-11(9)8-13(12)18-6-2-4-14;1-14-10-4-6-7(11)2-3-12-8(6)5-9(10)13/h3,5,7-8H,2,4,6H2,1H3;2-5,13H,1H3. The fraction of sp³-hybridized carbons (Fsp3) is 0.217. The van der Waals surface area contributed by atoms with Crippen molar-refractivity contribution in [3.63, 3.8) is 0 Å². The lowest BCUT2D eigenvalue weighted by atomic mass is 10.2. The lowest BCUT2D eigenvalue weighted by Gasteiger charge is -2.11. The molecule has 0 saturated carbocycles. The van der Waals surface area contributed by atoms with Gasteiger partial charge in [0, 0.05) is 41.2 Å². The minimum Gasteiger partial charge on any atom is -0.504 e. The maximum atomic E-state index is 9.49. The number of rotatable bonds is 6. The number of aromatic nitrogens is 2. The van der Waals surface area contributed by atoms with Crippen molar-refractivity contribution in [3.8, 4) is 23.0 Å². The van der Waals surface area contributed by atoms with Crippen molar-refractivity contribution in [3.05, 3.63) is 58.8 Å². The number of methoxy groups -OCH3 is 2. The molecule has 9 heteroatoms. The summed E-state index contributed by atoms with van der Waals surface area (Å²) in [5.74, 6) is 2.33. The highest BCUT2D eigenvalue weighted by atomic mass is 35.5. The predicted molar refractivity (Wildman–Crippen MR) is 129 cm³/mol. The topological polar surface area (TPSA) is 73.7 Å². The molecule has 0 bridgehead atoms. The number of pyridine rings is 2. The number of ether oxygens (including phenoxy) is 3. The summed E-state index contributed by atoms with van der Waals surface area (Å²) in [7, 11) is 3.09. The van der Waals surface area contributed by atoms with Gasteiger partial charge in [-0.25, -0.2) is 0 Å². The van der Waals surface area contributed by atoms with Gasteiger partial charge in [-0.3, -0.25) is 9.97 Å². The molecule has 0 aliphatic rings. The first-order valence-electron chi connectivity index (χ1n) is 9.60. The zero-order chi connectivity index (χ0) is 23.1. The van der Waals surface area contributed by atoms with E-state index in [-0.39, 0.29) is 5.75 Å². The summed E-state index contributed by atoms with van der Waals surface area (Å²) >= 11 is 17.7. The Kier molecular flexibility index (Phi) is 8.45. The molecular weight excluding hydrogens is 475 g/mol. The molecule has 2 heterocycles. The maximum Gasteiger partial charge on any atom is 0.163 e. The Balaban J connectivity index is 0.000000186. The van der Waals surface area contributed by atoms with Gasteiger partial charge in [0.1, 0.15) is 0 Å². The zero-order valence-corrected chi connectivity index (χ0v) is 19.7. The van der Waals surface area contributed by atoms with E-state index in [1.807, 2.05) is 12.1 Å². The van der Waals surface area contributed by atoms with Gasteiger partial charge in [0.05, 0.1) is 41.9 Å². The molecule has 0 amide bonds. The molecule has 0 radical (unpaired) electrons. The Morgan fingerprint density at radius 1 is 0.812 bits per heavy atom. The summed E-state index contributed by atoms with van der Waals surface area (Å²) < 4.78 is 15.9. The number of alkyl halides is 1. The second kappa shape index (κ2) is 11.3. The summed E-state index contributed by atoms with van der Waals surface area (Å²) in [5, 5.41) is 12.3. The van der Waals surface area contributed by atoms with E-state index < -0.39 is 0 Å². The predicted octanol–water partition coefficient (Wildman–Crippen LogP) is 6.51. The van der Waals surface area contributed by atoms with Crippen LogP contribution >= 0.6 is 34.8 Å². The van der Waals surface area contributed by atoms with E-state index in [0.717, 1.165) is 22.7 Å². The molecule has 0 fully saturated rings. The highest BCUT2D eigenvalue weighted by molar-refractivity contribution is 6.35. The van der Waals surface area contributed by atoms with Gasteiger partial charge in [-0.2, -0.15) is 0 Å². The quantitative estimate of drug-likeness (QED) is 0.243. The molecule has 0 unspecified atom stereocenters. The normalized spacial score (nSPS) is 10.5. The van der Waals surface area contributed by atoms with Crippen molar-refractivity contribution in [2.24, 2.45) is 0 Å². The molecule has 2 aromatic heterocycles. The third-order valence-corrected chi connectivity index (χ3v) is 5.42. The number of hydrogen-bond donors (Lipinski definition) is 1. The molecule has 32 heavy (non-hydrogen) atoms. The molecule has 168 valence electrons. The first kappa shape index (κ1) is 24.0. The molecule has 0 aliphatic heterocycles. The van der Waals surface area contributed by atoms with Gasteiger partial charge in [-0.05, 0) is 30.7 Å². The fourth-order valence-corrected chi connectivity index (χ4v) is 3.45. The lowest BCUT2D eigenvalue weighted by molar-refractivity contribution is 0.295. The Morgan fingerprint density at radius 2 is 1.38 bits per heavy atom. The number of hydrogen-bond acceptors (Lipinski definition) is 6. The molecule has 4 aromatic rings. The van der Waals surface area contributed by atoms with E-state index >= 15 is 0 Å². The van der Waals surface area contributed by atoms with E-state index in [1.165, 1.54) is 13.2 Å². The smallest absolute Gasteiger partial charge is 0.163 e. The second-order valence-electron chi connectivity index (χ2n) is 6.54. The molecular formula is C23H21Cl3N2O4. The number of nitrogens with zero attached hydrogens (tertiary/aromatic N) is 2. The minimum atomic E-state index is 0.0646. The average molecular weight is 496 g/mol. The minimum absolute atomic E-state index is 0.0646. The van der Waals surface area contributed by atoms with Crippen LogP contribution < -0.4 is 14.2 Å². The molecule has 0 spiro atoms. The van der Waals surface area contributed by atoms with Gasteiger partial charge in [-0.1, -0.05) is 23.2 Å². The molecule has 1 N–H and O–H groups in total. The van der Waals surface area contributed by atoms with Crippen molar-refractivity contribution in [2.75, 3.05) is 26.7 Å². The van der Waals surface area contributed by atoms with Crippen molar-refractivity contribution < 1.29 is 19.3 Å². The largest absolute Gasteiger partial charge is 0.504 e. The SMILES string of the molecule is COc1cc2c(Cl)ccnc2cc1O.COc1cc2c(Cl)ccnc2cc1OCCCCl. The Labute approximate surface area is 200 Å². The van der Waals surface area contributed by atoms with E-state index in [0.29, 0.717) is 45.3 Å². The number of aromatic hydroxyl groups is 1. The Bertz CT molecular complexity index is 1220. The fourth-order valence-electron chi connectivity index (χ4n) is 2.92. The Morgan fingerprint density at radius 3 is 1.94 bits per heavy atom. The van der Waals surface area contributed by atoms with Gasteiger partial charge >= 0.3 is 0 Å². The molecule has 0 atom stereocenters. The molecule has 6 nitrogen and oxygen atoms in total. The molecule has 0 aliphatic carbocycles. The zero-order valence-electron chi connectivity index (χ0n) is 17.4. The van der Waals surface area contributed by atoms with Crippen LogP contribution in [0.4, 0.5) is 0 Å². The summed E-state index contributed by atoms with van der Waals surface area (Å²) in [6, 6.07) is 10.3. The summed E-state index contributed by atoms with van der Waals surface area (Å²) in [6.07, 6.45) is 4.04. The molecule has 0 saturated heterocycles. The van der Waals surface area contributed by atoms with Crippen molar-refractivity contribution in [1.29, 1.82) is 0 Å². The lowest BCUT2D eigenvalue weighted by Crippen LogP contribution is -2.00. The van der Waals surface area contributed by atoms with E-state index in [4.69, 9.17) is 49.0 Å². The highest BCUT2D eigenvalue weighted by Gasteiger charge is 2.10. The first-order valence-corrected chi connectivity index (χ1v) is 10.9. The Hall–Kier alpha value is -2.67. The van der Waals surface area contributed by atoms with Gasteiger partial charge < -0.3 is 19.3 Å². The molecule has 2 aromatic carbocycles. The number of halogens is 3. The van der Waals surface area contributed by atoms with Gasteiger partial charge in [0.15, 0.2) is 23.0 Å². The average Bonchev–Trinajstić information content (AvgIpc) is 2.79. The van der Waals surface area contributed by atoms with Crippen LogP contribution in [0.2, 0.25) is 10.0 Å². The highest BCUT2D eigenvalue weighted by Crippen LogP contribution is 2.35. The maximum absolute atomic E-state index is 9.49. The second-order valence-corrected chi connectivity index (χ2v) is 7.73. The van der Waals surface area contributed by atoms with E-state index in [2.05, 4.69) is 9.97 Å². The van der Waals surface area contributed by atoms with Crippen LogP contribution in [0, 0.1) is 0 Å². The third kappa shape index (κ3) is 5.57. The van der Waals surface area contributed by atoms with Crippen LogP contribution in [0.5, 0.6) is 23.0 Å². The number of fused-ring (bicyclic) bond motifs is 2. The molecule has 4 rings (SSSR count). The first-order chi connectivity index (χ1) is 15.5.